The minimum Gasteiger partial charge on any atom is -0.355 e. The van der Waals surface area contributed by atoms with Crippen LogP contribution in [-0.4, -0.2) is 50.1 Å². The summed E-state index contributed by atoms with van der Waals surface area (Å²) >= 11 is 0. The van der Waals surface area contributed by atoms with Crippen molar-refractivity contribution in [1.29, 1.82) is 0 Å². The fraction of sp³-hybridized carbons (Fsp3) is 0.929. The Labute approximate surface area is 112 Å². The maximum Gasteiger partial charge on any atom is 0.191 e. The largest absolute Gasteiger partial charge is 0.355 e. The van der Waals surface area contributed by atoms with Crippen LogP contribution in [0.25, 0.3) is 0 Å². The van der Waals surface area contributed by atoms with Crippen molar-refractivity contribution in [2.75, 3.05) is 27.2 Å². The summed E-state index contributed by atoms with van der Waals surface area (Å²) in [5, 5.41) is 6.93. The Morgan fingerprint density at radius 1 is 1.28 bits per heavy atom. The molecule has 0 heterocycles. The molecule has 18 heavy (non-hydrogen) atoms. The molecule has 0 aromatic rings. The summed E-state index contributed by atoms with van der Waals surface area (Å²) in [6.07, 6.45) is 6.66. The van der Waals surface area contributed by atoms with Crippen LogP contribution in [0, 0.1) is 0 Å². The molecule has 0 radical (unpaired) electrons. The van der Waals surface area contributed by atoms with Gasteiger partial charge in [0.2, 0.25) is 0 Å². The highest BCUT2D eigenvalue weighted by Gasteiger charge is 2.14. The van der Waals surface area contributed by atoms with Gasteiger partial charge in [0.05, 0.1) is 0 Å². The van der Waals surface area contributed by atoms with Crippen molar-refractivity contribution in [3.05, 3.63) is 0 Å². The maximum absolute atomic E-state index is 4.30. The number of likely N-dealkylation sites (N-methyl/N-ethyl adjacent to an activating group) is 1. The third kappa shape index (κ3) is 5.71. The molecule has 106 valence electrons. The number of nitrogens with zero attached hydrogens (tertiary/aromatic N) is 2. The van der Waals surface area contributed by atoms with Gasteiger partial charge in [-0.1, -0.05) is 19.3 Å². The van der Waals surface area contributed by atoms with Crippen molar-refractivity contribution in [2.24, 2.45) is 4.99 Å². The first-order chi connectivity index (χ1) is 8.63. The molecule has 2 N–H and O–H groups in total. The second kappa shape index (κ2) is 8.35. The lowest BCUT2D eigenvalue weighted by Gasteiger charge is -2.26. The van der Waals surface area contributed by atoms with E-state index in [0.717, 1.165) is 19.0 Å². The second-order valence-electron chi connectivity index (χ2n) is 5.55. The average Bonchev–Trinajstić information content (AvgIpc) is 2.38. The highest BCUT2D eigenvalue weighted by atomic mass is 15.2. The third-order valence-electron chi connectivity index (χ3n) is 3.81. The summed E-state index contributed by atoms with van der Waals surface area (Å²) in [5.41, 5.74) is 0. The lowest BCUT2D eigenvalue weighted by atomic mass is 9.96. The summed E-state index contributed by atoms with van der Waals surface area (Å²) < 4.78 is 0. The number of aliphatic imine (C=N–C) groups is 1. The molecular weight excluding hydrogens is 224 g/mol. The van der Waals surface area contributed by atoms with Gasteiger partial charge in [0.15, 0.2) is 5.96 Å². The van der Waals surface area contributed by atoms with Gasteiger partial charge in [0.25, 0.3) is 0 Å². The Balaban J connectivity index is 2.21. The molecule has 0 bridgehead atoms. The quantitative estimate of drug-likeness (QED) is 0.581. The molecule has 0 amide bonds. The minimum absolute atomic E-state index is 0.597. The fourth-order valence-corrected chi connectivity index (χ4v) is 2.24. The van der Waals surface area contributed by atoms with Crippen molar-refractivity contribution in [2.45, 2.75) is 58.0 Å². The summed E-state index contributed by atoms with van der Waals surface area (Å²) in [5.74, 6) is 0.957. The van der Waals surface area contributed by atoms with Crippen LogP contribution in [0.4, 0.5) is 0 Å². The minimum atomic E-state index is 0.597. The third-order valence-corrected chi connectivity index (χ3v) is 3.81. The number of hydrogen-bond acceptors (Lipinski definition) is 2. The lowest BCUT2D eigenvalue weighted by Crippen LogP contribution is -2.46. The van der Waals surface area contributed by atoms with Gasteiger partial charge < -0.3 is 15.5 Å². The van der Waals surface area contributed by atoms with Crippen LogP contribution in [0.3, 0.4) is 0 Å². The average molecular weight is 254 g/mol. The molecule has 0 aromatic heterocycles. The first kappa shape index (κ1) is 15.3. The van der Waals surface area contributed by atoms with Crippen molar-refractivity contribution in [3.8, 4) is 0 Å². The van der Waals surface area contributed by atoms with E-state index in [0.29, 0.717) is 12.1 Å². The standard InChI is InChI=1S/C14H30N4/c1-12(2)18(4)11-10-16-14(15-3)17-13-8-6-5-7-9-13/h12-13H,5-11H2,1-4H3,(H2,15,16,17). The fourth-order valence-electron chi connectivity index (χ4n) is 2.24. The first-order valence-corrected chi connectivity index (χ1v) is 7.31. The molecule has 1 fully saturated rings. The Morgan fingerprint density at radius 2 is 1.94 bits per heavy atom. The highest BCUT2D eigenvalue weighted by molar-refractivity contribution is 5.79. The predicted octanol–water partition coefficient (Wildman–Crippen LogP) is 1.82. The van der Waals surface area contributed by atoms with Crippen LogP contribution >= 0.6 is 0 Å². The molecule has 1 aliphatic rings. The van der Waals surface area contributed by atoms with E-state index in [-0.39, 0.29) is 0 Å². The van der Waals surface area contributed by atoms with Crippen LogP contribution in [-0.2, 0) is 0 Å². The van der Waals surface area contributed by atoms with E-state index in [1.165, 1.54) is 32.1 Å². The van der Waals surface area contributed by atoms with Crippen molar-refractivity contribution < 1.29 is 0 Å². The molecule has 0 saturated heterocycles. The zero-order valence-electron chi connectivity index (χ0n) is 12.5. The van der Waals surface area contributed by atoms with E-state index in [9.17, 15) is 0 Å². The Morgan fingerprint density at radius 3 is 2.50 bits per heavy atom. The molecule has 1 rings (SSSR count). The van der Waals surface area contributed by atoms with Crippen LogP contribution in [0.5, 0.6) is 0 Å². The van der Waals surface area contributed by atoms with Crippen molar-refractivity contribution in [1.82, 2.24) is 15.5 Å². The summed E-state index contributed by atoms with van der Waals surface area (Å²) in [6, 6.07) is 1.22. The van der Waals surface area contributed by atoms with E-state index in [4.69, 9.17) is 0 Å². The summed E-state index contributed by atoms with van der Waals surface area (Å²) in [7, 11) is 4.01. The number of rotatable bonds is 5. The van der Waals surface area contributed by atoms with E-state index in [1.807, 2.05) is 7.05 Å². The molecule has 0 unspecified atom stereocenters. The summed E-state index contributed by atoms with van der Waals surface area (Å²) in [4.78, 5) is 6.63. The molecule has 4 nitrogen and oxygen atoms in total. The highest BCUT2D eigenvalue weighted by Crippen LogP contribution is 2.17. The zero-order valence-corrected chi connectivity index (χ0v) is 12.5. The predicted molar refractivity (Wildman–Crippen MR) is 79.1 cm³/mol. The lowest BCUT2D eigenvalue weighted by molar-refractivity contribution is 0.277. The van der Waals surface area contributed by atoms with E-state index in [2.05, 4.69) is 41.4 Å². The Kier molecular flexibility index (Phi) is 7.09. The number of hydrogen-bond donors (Lipinski definition) is 2. The normalized spacial score (nSPS) is 18.4. The molecule has 4 heteroatoms. The van der Waals surface area contributed by atoms with Gasteiger partial charge in [-0.3, -0.25) is 4.99 Å². The maximum atomic E-state index is 4.30. The monoisotopic (exact) mass is 254 g/mol. The topological polar surface area (TPSA) is 39.7 Å². The first-order valence-electron chi connectivity index (χ1n) is 7.31. The van der Waals surface area contributed by atoms with Crippen LogP contribution in [0.2, 0.25) is 0 Å². The van der Waals surface area contributed by atoms with E-state index in [1.54, 1.807) is 0 Å². The van der Waals surface area contributed by atoms with E-state index < -0.39 is 0 Å². The molecule has 0 atom stereocenters. The number of nitrogens with one attached hydrogen (secondary N) is 2. The second-order valence-corrected chi connectivity index (χ2v) is 5.55. The molecule has 0 aromatic carbocycles. The van der Waals surface area contributed by atoms with E-state index >= 15 is 0 Å². The molecular formula is C14H30N4. The zero-order chi connectivity index (χ0) is 13.4. The molecule has 0 spiro atoms. The molecule has 1 aliphatic carbocycles. The number of guanidine groups is 1. The van der Waals surface area contributed by atoms with Crippen LogP contribution < -0.4 is 10.6 Å². The van der Waals surface area contributed by atoms with Gasteiger partial charge in [0.1, 0.15) is 0 Å². The Hall–Kier alpha value is -0.770. The van der Waals surface area contributed by atoms with Crippen molar-refractivity contribution in [3.63, 3.8) is 0 Å². The van der Waals surface area contributed by atoms with Gasteiger partial charge in [-0.15, -0.1) is 0 Å². The Bertz CT molecular complexity index is 244. The van der Waals surface area contributed by atoms with Gasteiger partial charge >= 0.3 is 0 Å². The van der Waals surface area contributed by atoms with Crippen molar-refractivity contribution >= 4 is 5.96 Å². The molecule has 0 aliphatic heterocycles. The SMILES string of the molecule is CN=C(NCCN(C)C(C)C)NC1CCCCC1. The smallest absolute Gasteiger partial charge is 0.191 e. The molecule has 1 saturated carbocycles. The van der Waals surface area contributed by atoms with Gasteiger partial charge in [-0.2, -0.15) is 0 Å². The van der Waals surface area contributed by atoms with Gasteiger partial charge in [-0.05, 0) is 33.7 Å². The van der Waals surface area contributed by atoms with Gasteiger partial charge in [0, 0.05) is 32.2 Å². The van der Waals surface area contributed by atoms with Gasteiger partial charge in [-0.25, -0.2) is 0 Å². The van der Waals surface area contributed by atoms with Crippen LogP contribution in [0.1, 0.15) is 46.0 Å². The summed E-state index contributed by atoms with van der Waals surface area (Å²) in [6.45, 7) is 6.42. The van der Waals surface area contributed by atoms with Crippen LogP contribution in [0.15, 0.2) is 4.99 Å².